The maximum absolute atomic E-state index is 13.1. The van der Waals surface area contributed by atoms with Crippen LogP contribution in [0.15, 0.2) is 34.7 Å². The van der Waals surface area contributed by atoms with Crippen molar-refractivity contribution in [3.8, 4) is 0 Å². The molecule has 0 spiro atoms. The van der Waals surface area contributed by atoms with Crippen LogP contribution in [0.3, 0.4) is 0 Å². The number of rotatable bonds is 7. The van der Waals surface area contributed by atoms with E-state index in [0.29, 0.717) is 32.1 Å². The van der Waals surface area contributed by atoms with Crippen molar-refractivity contribution in [2.75, 3.05) is 19.6 Å². The Kier molecular flexibility index (Phi) is 7.85. The third kappa shape index (κ3) is 5.81. The maximum atomic E-state index is 13.1. The van der Waals surface area contributed by atoms with Crippen LogP contribution in [0.25, 0.3) is 0 Å². The lowest BCUT2D eigenvalue weighted by atomic mass is 10.1. The normalized spacial score (nSPS) is 14.6. The zero-order valence-electron chi connectivity index (χ0n) is 17.9. The molecule has 162 valence electrons. The maximum Gasteiger partial charge on any atom is 0.259 e. The Morgan fingerprint density at radius 1 is 1.10 bits per heavy atom. The molecule has 0 saturated carbocycles. The van der Waals surface area contributed by atoms with E-state index in [2.05, 4.69) is 19.2 Å². The summed E-state index contributed by atoms with van der Waals surface area (Å²) < 4.78 is 1.81. The molecular weight excluding hydrogens is 398 g/mol. The Labute approximate surface area is 181 Å². The van der Waals surface area contributed by atoms with Gasteiger partial charge < -0.3 is 14.8 Å². The summed E-state index contributed by atoms with van der Waals surface area (Å²) in [6, 6.07) is 4.00. The monoisotopic (exact) mass is 429 g/mol. The van der Waals surface area contributed by atoms with Gasteiger partial charge in [-0.1, -0.05) is 32.8 Å². The van der Waals surface area contributed by atoms with Gasteiger partial charge in [-0.3, -0.25) is 14.4 Å². The molecule has 0 radical (unpaired) electrons. The number of thiophene rings is 1. The van der Waals surface area contributed by atoms with Crippen LogP contribution >= 0.6 is 11.3 Å². The van der Waals surface area contributed by atoms with Crippen LogP contribution in [-0.4, -0.2) is 40.9 Å². The quantitative estimate of drug-likeness (QED) is 0.732. The van der Waals surface area contributed by atoms with E-state index in [9.17, 15) is 14.4 Å². The van der Waals surface area contributed by atoms with Gasteiger partial charge in [0.2, 0.25) is 5.43 Å². The molecule has 2 amide bonds. The molecule has 1 N–H and O–H groups in total. The van der Waals surface area contributed by atoms with Crippen LogP contribution in [0.2, 0.25) is 0 Å². The number of likely N-dealkylation sites (tertiary alicyclic amines) is 1. The van der Waals surface area contributed by atoms with Crippen molar-refractivity contribution >= 4 is 23.2 Å². The first-order valence-electron chi connectivity index (χ1n) is 10.8. The number of amides is 2. The third-order valence-corrected chi connectivity index (χ3v) is 6.20. The van der Waals surface area contributed by atoms with Crippen LogP contribution in [-0.2, 0) is 13.0 Å². The molecule has 2 aromatic heterocycles. The second kappa shape index (κ2) is 10.6. The second-order valence-corrected chi connectivity index (χ2v) is 9.33. The fourth-order valence-electron chi connectivity index (χ4n) is 3.77. The first kappa shape index (κ1) is 22.3. The SMILES string of the molecule is CC(C)Cn1cc(C(=O)NCCc2cccs2)c(=O)c(C(=O)N2CCCCCC2)c1. The molecule has 0 unspecified atom stereocenters. The van der Waals surface area contributed by atoms with E-state index < -0.39 is 11.3 Å². The molecule has 30 heavy (non-hydrogen) atoms. The second-order valence-electron chi connectivity index (χ2n) is 8.30. The molecule has 1 aliphatic rings. The van der Waals surface area contributed by atoms with Gasteiger partial charge in [0.15, 0.2) is 0 Å². The number of pyridine rings is 1. The number of aromatic nitrogens is 1. The highest BCUT2D eigenvalue weighted by atomic mass is 32.1. The smallest absolute Gasteiger partial charge is 0.259 e. The Balaban J connectivity index is 1.83. The van der Waals surface area contributed by atoms with E-state index in [1.54, 1.807) is 28.6 Å². The molecule has 1 saturated heterocycles. The number of hydrogen-bond acceptors (Lipinski definition) is 4. The molecule has 0 aromatic carbocycles. The van der Waals surface area contributed by atoms with Crippen molar-refractivity contribution in [3.63, 3.8) is 0 Å². The van der Waals surface area contributed by atoms with Gasteiger partial charge in [0.05, 0.1) is 0 Å². The zero-order chi connectivity index (χ0) is 21.5. The van der Waals surface area contributed by atoms with Crippen molar-refractivity contribution in [1.29, 1.82) is 0 Å². The largest absolute Gasteiger partial charge is 0.352 e. The molecule has 0 bridgehead atoms. The molecular formula is C23H31N3O3S. The van der Waals surface area contributed by atoms with Crippen LogP contribution in [0.4, 0.5) is 0 Å². The lowest BCUT2D eigenvalue weighted by Gasteiger charge is -2.21. The van der Waals surface area contributed by atoms with Crippen molar-refractivity contribution in [2.45, 2.75) is 52.5 Å². The molecule has 3 rings (SSSR count). The summed E-state index contributed by atoms with van der Waals surface area (Å²) >= 11 is 1.64. The highest BCUT2D eigenvalue weighted by molar-refractivity contribution is 7.09. The van der Waals surface area contributed by atoms with Crippen molar-refractivity contribution < 1.29 is 9.59 Å². The number of carbonyl (C=O) groups is 2. The highest BCUT2D eigenvalue weighted by Crippen LogP contribution is 2.13. The minimum atomic E-state index is -0.474. The summed E-state index contributed by atoms with van der Waals surface area (Å²) in [7, 11) is 0. The number of nitrogens with zero attached hydrogens (tertiary/aromatic N) is 2. The van der Waals surface area contributed by atoms with Gasteiger partial charge in [-0.15, -0.1) is 11.3 Å². The minimum Gasteiger partial charge on any atom is -0.352 e. The molecule has 7 heteroatoms. The Morgan fingerprint density at radius 2 is 1.80 bits per heavy atom. The molecule has 0 atom stereocenters. The van der Waals surface area contributed by atoms with E-state index in [-0.39, 0.29) is 17.0 Å². The van der Waals surface area contributed by atoms with E-state index in [4.69, 9.17) is 0 Å². The van der Waals surface area contributed by atoms with Crippen LogP contribution < -0.4 is 10.7 Å². The van der Waals surface area contributed by atoms with Gasteiger partial charge in [-0.25, -0.2) is 0 Å². The van der Waals surface area contributed by atoms with Crippen molar-refractivity contribution in [1.82, 2.24) is 14.8 Å². The molecule has 0 aliphatic carbocycles. The average Bonchev–Trinajstić information content (AvgIpc) is 3.08. The first-order valence-corrected chi connectivity index (χ1v) is 11.7. The zero-order valence-corrected chi connectivity index (χ0v) is 18.7. The number of carbonyl (C=O) groups excluding carboxylic acids is 2. The molecule has 1 fully saturated rings. The van der Waals surface area contributed by atoms with Gasteiger partial charge in [-0.05, 0) is 36.6 Å². The fourth-order valence-corrected chi connectivity index (χ4v) is 4.47. The predicted octanol–water partition coefficient (Wildman–Crippen LogP) is 3.55. The Morgan fingerprint density at radius 3 is 2.43 bits per heavy atom. The summed E-state index contributed by atoms with van der Waals surface area (Å²) in [6.07, 6.45) is 8.04. The van der Waals surface area contributed by atoms with Crippen molar-refractivity contribution in [3.05, 3.63) is 56.1 Å². The summed E-state index contributed by atoms with van der Waals surface area (Å²) in [5, 5.41) is 4.84. The van der Waals surface area contributed by atoms with Gasteiger partial charge in [0.25, 0.3) is 11.8 Å². The fraction of sp³-hybridized carbons (Fsp3) is 0.522. The molecule has 6 nitrogen and oxygen atoms in total. The lowest BCUT2D eigenvalue weighted by Crippen LogP contribution is -2.38. The van der Waals surface area contributed by atoms with E-state index in [0.717, 1.165) is 32.1 Å². The summed E-state index contributed by atoms with van der Waals surface area (Å²) in [6.45, 7) is 6.55. The van der Waals surface area contributed by atoms with E-state index in [1.165, 1.54) is 4.88 Å². The highest BCUT2D eigenvalue weighted by Gasteiger charge is 2.24. The van der Waals surface area contributed by atoms with Crippen molar-refractivity contribution in [2.24, 2.45) is 5.92 Å². The van der Waals surface area contributed by atoms with E-state index >= 15 is 0 Å². The number of nitrogens with one attached hydrogen (secondary N) is 1. The van der Waals surface area contributed by atoms with Gasteiger partial charge in [0, 0.05) is 43.4 Å². The van der Waals surface area contributed by atoms with E-state index in [1.807, 2.05) is 22.1 Å². The minimum absolute atomic E-state index is 0.0440. The standard InChI is InChI=1S/C23H31N3O3S/c1-17(2)14-25-15-19(22(28)24-10-9-18-8-7-13-30-18)21(27)20(16-25)23(29)26-11-5-3-4-6-12-26/h7-8,13,15-17H,3-6,9-12,14H2,1-2H3,(H,24,28). The Hall–Kier alpha value is -2.41. The lowest BCUT2D eigenvalue weighted by molar-refractivity contribution is 0.0759. The molecule has 3 heterocycles. The van der Waals surface area contributed by atoms with Gasteiger partial charge >= 0.3 is 0 Å². The van der Waals surface area contributed by atoms with Gasteiger partial charge in [0.1, 0.15) is 11.1 Å². The van der Waals surface area contributed by atoms with Gasteiger partial charge in [-0.2, -0.15) is 0 Å². The summed E-state index contributed by atoms with van der Waals surface area (Å²) in [5.41, 5.74) is -0.330. The average molecular weight is 430 g/mol. The summed E-state index contributed by atoms with van der Waals surface area (Å²) in [4.78, 5) is 42.0. The third-order valence-electron chi connectivity index (χ3n) is 5.26. The first-order chi connectivity index (χ1) is 14.5. The van der Waals surface area contributed by atoms with Crippen LogP contribution in [0.5, 0.6) is 0 Å². The Bertz CT molecular complexity index is 910. The van der Waals surface area contributed by atoms with Crippen LogP contribution in [0.1, 0.15) is 65.1 Å². The van der Waals surface area contributed by atoms with Crippen LogP contribution in [0, 0.1) is 5.92 Å². The summed E-state index contributed by atoms with van der Waals surface area (Å²) in [5.74, 6) is -0.351. The molecule has 2 aromatic rings. The topological polar surface area (TPSA) is 71.4 Å². The molecule has 1 aliphatic heterocycles. The predicted molar refractivity (Wildman–Crippen MR) is 120 cm³/mol. The number of hydrogen-bond donors (Lipinski definition) is 1.